The van der Waals surface area contributed by atoms with Crippen LogP contribution in [0.15, 0.2) is 16.9 Å². The number of aliphatic hydroxyl groups is 1. The number of amides is 1. The molecule has 0 fully saturated rings. The number of aliphatic hydroxyl groups excluding tert-OH is 1. The van der Waals surface area contributed by atoms with Gasteiger partial charge in [0.25, 0.3) is 0 Å². The normalized spacial score (nSPS) is 11.4. The maximum Gasteiger partial charge on any atom is 0.229 e. The number of nitrogens with zero attached hydrogens (tertiary/aromatic N) is 1. The molecule has 0 aromatic carbocycles. The number of rotatable bonds is 3. The number of pyridine rings is 1. The molecule has 4 nitrogen and oxygen atoms in total. The van der Waals surface area contributed by atoms with Crippen molar-refractivity contribution in [1.29, 1.82) is 0 Å². The van der Waals surface area contributed by atoms with Crippen LogP contribution in [0.25, 0.3) is 0 Å². The van der Waals surface area contributed by atoms with E-state index >= 15 is 0 Å². The maximum absolute atomic E-state index is 11.9. The van der Waals surface area contributed by atoms with Crippen molar-refractivity contribution < 1.29 is 9.90 Å². The molecule has 5 heteroatoms. The quantitative estimate of drug-likeness (QED) is 0.901. The Bertz CT molecular complexity index is 413. The number of carbonyl (C=O) groups excluding carboxylic acids is 1. The van der Waals surface area contributed by atoms with Gasteiger partial charge < -0.3 is 10.4 Å². The van der Waals surface area contributed by atoms with Gasteiger partial charge in [-0.15, -0.1) is 0 Å². The lowest BCUT2D eigenvalue weighted by Gasteiger charge is -2.19. The van der Waals surface area contributed by atoms with E-state index in [1.807, 2.05) is 20.8 Å². The lowest BCUT2D eigenvalue weighted by molar-refractivity contribution is -0.123. The molecule has 1 aromatic rings. The average Bonchev–Trinajstić information content (AvgIpc) is 2.21. The van der Waals surface area contributed by atoms with Crippen LogP contribution in [0, 0.1) is 5.41 Å². The van der Waals surface area contributed by atoms with Crippen molar-refractivity contribution in [2.75, 3.05) is 11.9 Å². The minimum Gasteiger partial charge on any atom is -0.396 e. The van der Waals surface area contributed by atoms with Crippen molar-refractivity contribution in [3.8, 4) is 0 Å². The highest BCUT2D eigenvalue weighted by atomic mass is 79.9. The SMILES string of the molecule is CC(C)(C)C(=O)Nc1cncc(Br)c1CCO. The first-order valence-electron chi connectivity index (χ1n) is 5.41. The molecule has 2 N–H and O–H groups in total. The van der Waals surface area contributed by atoms with Crippen molar-refractivity contribution >= 4 is 27.5 Å². The van der Waals surface area contributed by atoms with E-state index in [1.54, 1.807) is 12.4 Å². The molecule has 0 bridgehead atoms. The Morgan fingerprint density at radius 2 is 2.12 bits per heavy atom. The van der Waals surface area contributed by atoms with E-state index in [9.17, 15) is 4.79 Å². The third-order valence-electron chi connectivity index (χ3n) is 2.30. The van der Waals surface area contributed by atoms with Gasteiger partial charge in [0.15, 0.2) is 0 Å². The molecule has 0 spiro atoms. The summed E-state index contributed by atoms with van der Waals surface area (Å²) in [6.07, 6.45) is 3.72. The Balaban J connectivity index is 2.98. The number of aromatic nitrogens is 1. The molecular formula is C12H17BrN2O2. The summed E-state index contributed by atoms with van der Waals surface area (Å²) in [5.74, 6) is -0.0726. The third-order valence-corrected chi connectivity index (χ3v) is 2.98. The van der Waals surface area contributed by atoms with Crippen LogP contribution >= 0.6 is 15.9 Å². The number of anilines is 1. The zero-order valence-electron chi connectivity index (χ0n) is 10.2. The van der Waals surface area contributed by atoms with Crippen molar-refractivity contribution in [3.63, 3.8) is 0 Å². The highest BCUT2D eigenvalue weighted by Crippen LogP contribution is 2.25. The standard InChI is InChI=1S/C12H17BrN2O2/c1-12(2,3)11(17)15-10-7-14-6-9(13)8(10)4-5-16/h6-7,16H,4-5H2,1-3H3,(H,15,17). The predicted octanol–water partition coefficient (Wildman–Crippen LogP) is 2.36. The molecule has 0 radical (unpaired) electrons. The van der Waals surface area contributed by atoms with Crippen molar-refractivity contribution in [1.82, 2.24) is 4.98 Å². The van der Waals surface area contributed by atoms with Gasteiger partial charge in [0.05, 0.1) is 11.9 Å². The largest absolute Gasteiger partial charge is 0.396 e. The summed E-state index contributed by atoms with van der Waals surface area (Å²) >= 11 is 3.36. The van der Waals surface area contributed by atoms with E-state index in [1.165, 1.54) is 0 Å². The molecule has 0 unspecified atom stereocenters. The fraction of sp³-hybridized carbons (Fsp3) is 0.500. The Hall–Kier alpha value is -0.940. The lowest BCUT2D eigenvalue weighted by Crippen LogP contribution is -2.28. The monoisotopic (exact) mass is 300 g/mol. The van der Waals surface area contributed by atoms with Gasteiger partial charge in [-0.05, 0) is 27.9 Å². The molecule has 1 rings (SSSR count). The minimum absolute atomic E-state index is 0.0288. The van der Waals surface area contributed by atoms with Gasteiger partial charge in [-0.2, -0.15) is 0 Å². The number of nitrogens with one attached hydrogen (secondary N) is 1. The average molecular weight is 301 g/mol. The summed E-state index contributed by atoms with van der Waals surface area (Å²) in [5, 5.41) is 11.8. The van der Waals surface area contributed by atoms with Crippen molar-refractivity contribution in [2.24, 2.45) is 5.41 Å². The number of hydrogen-bond donors (Lipinski definition) is 2. The summed E-state index contributed by atoms with van der Waals surface area (Å²) in [6.45, 7) is 5.57. The minimum atomic E-state index is -0.460. The second kappa shape index (κ2) is 5.60. The van der Waals surface area contributed by atoms with Crippen LogP contribution in [0.2, 0.25) is 0 Å². The van der Waals surface area contributed by atoms with E-state index < -0.39 is 5.41 Å². The lowest BCUT2D eigenvalue weighted by atomic mass is 9.95. The Morgan fingerprint density at radius 3 is 2.65 bits per heavy atom. The van der Waals surface area contributed by atoms with Gasteiger partial charge in [0.1, 0.15) is 0 Å². The van der Waals surface area contributed by atoms with E-state index in [0.717, 1.165) is 10.0 Å². The summed E-state index contributed by atoms with van der Waals surface area (Å²) in [4.78, 5) is 15.9. The van der Waals surface area contributed by atoms with Gasteiger partial charge in [0, 0.05) is 22.7 Å². The highest BCUT2D eigenvalue weighted by molar-refractivity contribution is 9.10. The Labute approximate surface area is 110 Å². The predicted molar refractivity (Wildman–Crippen MR) is 70.8 cm³/mol. The summed E-state index contributed by atoms with van der Waals surface area (Å²) in [5.41, 5.74) is 1.05. The summed E-state index contributed by atoms with van der Waals surface area (Å²) < 4.78 is 0.790. The first-order valence-corrected chi connectivity index (χ1v) is 6.20. The van der Waals surface area contributed by atoms with Crippen LogP contribution in [-0.2, 0) is 11.2 Å². The molecule has 0 atom stereocenters. The summed E-state index contributed by atoms with van der Waals surface area (Å²) in [7, 11) is 0. The van der Waals surface area contributed by atoms with Crippen LogP contribution in [-0.4, -0.2) is 22.6 Å². The summed E-state index contributed by atoms with van der Waals surface area (Å²) in [6, 6.07) is 0. The Morgan fingerprint density at radius 1 is 1.47 bits per heavy atom. The molecule has 1 aromatic heterocycles. The highest BCUT2D eigenvalue weighted by Gasteiger charge is 2.22. The van der Waals surface area contributed by atoms with Crippen LogP contribution in [0.4, 0.5) is 5.69 Å². The van der Waals surface area contributed by atoms with E-state index in [4.69, 9.17) is 5.11 Å². The zero-order valence-corrected chi connectivity index (χ0v) is 11.8. The van der Waals surface area contributed by atoms with Crippen molar-refractivity contribution in [3.05, 3.63) is 22.4 Å². The molecule has 94 valence electrons. The van der Waals surface area contributed by atoms with E-state index in [-0.39, 0.29) is 12.5 Å². The molecule has 1 amide bonds. The van der Waals surface area contributed by atoms with E-state index in [2.05, 4.69) is 26.2 Å². The fourth-order valence-electron chi connectivity index (χ4n) is 1.25. The molecular weight excluding hydrogens is 284 g/mol. The molecule has 0 saturated carbocycles. The smallest absolute Gasteiger partial charge is 0.229 e. The first kappa shape index (κ1) is 14.1. The van der Waals surface area contributed by atoms with Gasteiger partial charge >= 0.3 is 0 Å². The maximum atomic E-state index is 11.9. The first-order chi connectivity index (χ1) is 7.86. The number of hydrogen-bond acceptors (Lipinski definition) is 3. The zero-order chi connectivity index (χ0) is 13.1. The topological polar surface area (TPSA) is 62.2 Å². The van der Waals surface area contributed by atoms with Crippen LogP contribution in [0.5, 0.6) is 0 Å². The van der Waals surface area contributed by atoms with Crippen LogP contribution in [0.3, 0.4) is 0 Å². The fourth-order valence-corrected chi connectivity index (χ4v) is 1.78. The number of halogens is 1. The van der Waals surface area contributed by atoms with Gasteiger partial charge in [-0.1, -0.05) is 20.8 Å². The van der Waals surface area contributed by atoms with E-state index in [0.29, 0.717) is 12.1 Å². The third kappa shape index (κ3) is 3.78. The van der Waals surface area contributed by atoms with Crippen LogP contribution < -0.4 is 5.32 Å². The Kier molecular flexibility index (Phi) is 4.65. The van der Waals surface area contributed by atoms with Gasteiger partial charge in [-0.25, -0.2) is 0 Å². The molecule has 17 heavy (non-hydrogen) atoms. The second-order valence-electron chi connectivity index (χ2n) is 4.83. The second-order valence-corrected chi connectivity index (χ2v) is 5.68. The molecule has 1 heterocycles. The molecule has 0 aliphatic carbocycles. The van der Waals surface area contributed by atoms with Crippen molar-refractivity contribution in [2.45, 2.75) is 27.2 Å². The molecule has 0 aliphatic heterocycles. The van der Waals surface area contributed by atoms with Crippen LogP contribution in [0.1, 0.15) is 26.3 Å². The molecule has 0 aliphatic rings. The number of carbonyl (C=O) groups is 1. The molecule has 0 saturated heterocycles. The van der Waals surface area contributed by atoms with Gasteiger partial charge in [0.2, 0.25) is 5.91 Å². The van der Waals surface area contributed by atoms with Gasteiger partial charge in [-0.3, -0.25) is 9.78 Å².